The second kappa shape index (κ2) is 7.47. The van der Waals surface area contributed by atoms with Gasteiger partial charge in [-0.1, -0.05) is 39.8 Å². The van der Waals surface area contributed by atoms with E-state index in [0.29, 0.717) is 23.8 Å². The van der Waals surface area contributed by atoms with Crippen molar-refractivity contribution >= 4 is 33.5 Å². The van der Waals surface area contributed by atoms with Crippen LogP contribution in [0, 0.1) is 22.2 Å². The third-order valence-electron chi connectivity index (χ3n) is 8.62. The van der Waals surface area contributed by atoms with E-state index in [-0.39, 0.29) is 16.7 Å². The van der Waals surface area contributed by atoms with Crippen LogP contribution >= 0.6 is 15.9 Å². The maximum absolute atomic E-state index is 13.8. The standard InChI is InChI=1S/C24H32BrN3O2/c1-16-9-13-28(14-10-16)21(30)24-12-11-23(4,22(24,2)3)19(15-24)26-27-20(29)17-7-5-6-8-18(17)25/h5-8,16H,9-15H2,1-4H3,(H,27,29). The molecule has 0 aromatic heterocycles. The molecule has 2 unspecified atom stereocenters. The molecular formula is C24H32BrN3O2. The molecule has 2 amide bonds. The van der Waals surface area contributed by atoms with Crippen molar-refractivity contribution < 1.29 is 9.59 Å². The Kier molecular flexibility index (Phi) is 5.36. The van der Waals surface area contributed by atoms with E-state index in [2.05, 4.69) is 59.1 Å². The molecule has 1 heterocycles. The van der Waals surface area contributed by atoms with Crippen LogP contribution in [0.3, 0.4) is 0 Å². The third kappa shape index (κ3) is 3.05. The minimum atomic E-state index is -0.417. The predicted molar refractivity (Wildman–Crippen MR) is 122 cm³/mol. The smallest absolute Gasteiger partial charge is 0.272 e. The number of hydrogen-bond donors (Lipinski definition) is 1. The number of fused-ring (bicyclic) bond motifs is 2. The summed E-state index contributed by atoms with van der Waals surface area (Å²) in [5.74, 6) is 0.761. The van der Waals surface area contributed by atoms with E-state index in [4.69, 9.17) is 0 Å². The zero-order chi connectivity index (χ0) is 21.7. The lowest BCUT2D eigenvalue weighted by Crippen LogP contribution is -2.50. The van der Waals surface area contributed by atoms with Crippen molar-refractivity contribution in [3.8, 4) is 0 Å². The summed E-state index contributed by atoms with van der Waals surface area (Å²) in [5, 5.41) is 4.60. The van der Waals surface area contributed by atoms with Crippen molar-refractivity contribution in [1.82, 2.24) is 10.3 Å². The average molecular weight is 474 g/mol. The predicted octanol–water partition coefficient (Wildman–Crippen LogP) is 5.01. The number of halogens is 1. The van der Waals surface area contributed by atoms with Crippen molar-refractivity contribution in [3.63, 3.8) is 0 Å². The largest absolute Gasteiger partial charge is 0.342 e. The molecule has 2 bridgehead atoms. The van der Waals surface area contributed by atoms with Gasteiger partial charge in [-0.3, -0.25) is 9.59 Å². The molecule has 1 aromatic carbocycles. The highest BCUT2D eigenvalue weighted by Crippen LogP contribution is 2.71. The van der Waals surface area contributed by atoms with Crippen LogP contribution in [-0.2, 0) is 4.79 Å². The Morgan fingerprint density at radius 3 is 2.47 bits per heavy atom. The first-order valence-electron chi connectivity index (χ1n) is 11.0. The summed E-state index contributed by atoms with van der Waals surface area (Å²) in [4.78, 5) is 28.5. The number of piperidine rings is 1. The maximum atomic E-state index is 13.8. The number of benzene rings is 1. The Morgan fingerprint density at radius 1 is 1.13 bits per heavy atom. The Labute approximate surface area is 187 Å². The van der Waals surface area contributed by atoms with E-state index < -0.39 is 5.41 Å². The summed E-state index contributed by atoms with van der Waals surface area (Å²) in [5.41, 5.74) is 3.48. The number of carbonyl (C=O) groups is 2. The Balaban J connectivity index is 1.59. The number of hydrazone groups is 1. The Hall–Kier alpha value is -1.69. The molecule has 1 aromatic rings. The molecule has 3 aliphatic rings. The van der Waals surface area contributed by atoms with E-state index in [1.165, 1.54) is 0 Å². The molecule has 162 valence electrons. The number of rotatable bonds is 3. The fourth-order valence-corrected chi connectivity index (χ4v) is 6.33. The van der Waals surface area contributed by atoms with Crippen molar-refractivity contribution in [2.45, 2.75) is 59.8 Å². The molecule has 2 atom stereocenters. The van der Waals surface area contributed by atoms with Gasteiger partial charge in [-0.2, -0.15) is 5.10 Å². The van der Waals surface area contributed by atoms with Gasteiger partial charge in [0.05, 0.1) is 11.0 Å². The number of hydrogen-bond acceptors (Lipinski definition) is 3. The lowest BCUT2D eigenvalue weighted by atomic mass is 9.64. The van der Waals surface area contributed by atoms with Gasteiger partial charge in [-0.25, -0.2) is 5.43 Å². The normalized spacial score (nSPS) is 31.9. The van der Waals surface area contributed by atoms with Crippen LogP contribution in [0.15, 0.2) is 33.8 Å². The molecule has 3 fully saturated rings. The van der Waals surface area contributed by atoms with Crippen molar-refractivity contribution in [1.29, 1.82) is 0 Å². The number of nitrogens with zero attached hydrogens (tertiary/aromatic N) is 2. The van der Waals surface area contributed by atoms with Gasteiger partial charge in [0.15, 0.2) is 0 Å². The lowest BCUT2D eigenvalue weighted by Gasteiger charge is -2.43. The van der Waals surface area contributed by atoms with Crippen molar-refractivity contribution in [3.05, 3.63) is 34.3 Å². The van der Waals surface area contributed by atoms with Gasteiger partial charge >= 0.3 is 0 Å². The van der Waals surface area contributed by atoms with Crippen LogP contribution in [0.4, 0.5) is 0 Å². The minimum absolute atomic E-state index is 0.188. The van der Waals surface area contributed by atoms with Gasteiger partial charge < -0.3 is 4.90 Å². The van der Waals surface area contributed by atoms with Gasteiger partial charge in [0, 0.05) is 35.1 Å². The highest BCUT2D eigenvalue weighted by molar-refractivity contribution is 9.10. The number of carbonyl (C=O) groups excluding carboxylic acids is 2. The first-order chi connectivity index (χ1) is 14.1. The summed E-state index contributed by atoms with van der Waals surface area (Å²) in [6.45, 7) is 10.7. The van der Waals surface area contributed by atoms with Gasteiger partial charge in [0.2, 0.25) is 5.91 Å². The molecular weight excluding hydrogens is 442 g/mol. The summed E-state index contributed by atoms with van der Waals surface area (Å²) >= 11 is 3.43. The fraction of sp³-hybridized carbons (Fsp3) is 0.625. The highest BCUT2D eigenvalue weighted by Gasteiger charge is 2.72. The molecule has 5 nitrogen and oxygen atoms in total. The zero-order valence-electron chi connectivity index (χ0n) is 18.4. The maximum Gasteiger partial charge on any atom is 0.272 e. The molecule has 2 aliphatic carbocycles. The van der Waals surface area contributed by atoms with Gasteiger partial charge in [-0.15, -0.1) is 0 Å². The highest BCUT2D eigenvalue weighted by atomic mass is 79.9. The second-order valence-corrected chi connectivity index (χ2v) is 11.0. The van der Waals surface area contributed by atoms with Crippen LogP contribution in [0.2, 0.25) is 0 Å². The fourth-order valence-electron chi connectivity index (χ4n) is 5.86. The second-order valence-electron chi connectivity index (χ2n) is 10.2. The molecule has 0 spiro atoms. The van der Waals surface area contributed by atoms with E-state index >= 15 is 0 Å². The first kappa shape index (κ1) is 21.5. The summed E-state index contributed by atoms with van der Waals surface area (Å²) in [6, 6.07) is 7.33. The SMILES string of the molecule is CC1CCN(C(=O)C23CCC(C)(C(=NNC(=O)c4ccccc4Br)C2)C3(C)C)CC1. The number of likely N-dealkylation sites (tertiary alicyclic amines) is 1. The van der Waals surface area contributed by atoms with Crippen LogP contribution in [0.5, 0.6) is 0 Å². The van der Waals surface area contributed by atoms with E-state index in [9.17, 15) is 9.59 Å². The number of nitrogens with one attached hydrogen (secondary N) is 1. The van der Waals surface area contributed by atoms with E-state index in [1.54, 1.807) is 6.07 Å². The molecule has 1 saturated heterocycles. The Morgan fingerprint density at radius 2 is 1.80 bits per heavy atom. The summed E-state index contributed by atoms with van der Waals surface area (Å²) in [6.07, 6.45) is 4.64. The number of amides is 2. The molecule has 30 heavy (non-hydrogen) atoms. The van der Waals surface area contributed by atoms with Crippen LogP contribution in [0.1, 0.15) is 70.2 Å². The topological polar surface area (TPSA) is 61.8 Å². The van der Waals surface area contributed by atoms with Gasteiger partial charge in [0.1, 0.15) is 0 Å². The first-order valence-corrected chi connectivity index (χ1v) is 11.8. The summed E-state index contributed by atoms with van der Waals surface area (Å²) < 4.78 is 0.744. The van der Waals surface area contributed by atoms with Crippen molar-refractivity contribution in [2.75, 3.05) is 13.1 Å². The van der Waals surface area contributed by atoms with Gasteiger partial charge in [0.25, 0.3) is 5.91 Å². The van der Waals surface area contributed by atoms with Crippen molar-refractivity contribution in [2.24, 2.45) is 27.3 Å². The van der Waals surface area contributed by atoms with Crippen LogP contribution in [-0.4, -0.2) is 35.5 Å². The third-order valence-corrected chi connectivity index (χ3v) is 9.32. The molecule has 1 aliphatic heterocycles. The zero-order valence-corrected chi connectivity index (χ0v) is 20.0. The molecule has 6 heteroatoms. The minimum Gasteiger partial charge on any atom is -0.342 e. The molecule has 4 rings (SSSR count). The monoisotopic (exact) mass is 473 g/mol. The lowest BCUT2D eigenvalue weighted by molar-refractivity contribution is -0.148. The van der Waals surface area contributed by atoms with E-state index in [1.807, 2.05) is 18.2 Å². The molecule has 0 radical (unpaired) electrons. The van der Waals surface area contributed by atoms with Crippen LogP contribution < -0.4 is 5.43 Å². The van der Waals surface area contributed by atoms with E-state index in [0.717, 1.165) is 49.0 Å². The molecule has 1 N–H and O–H groups in total. The molecule has 2 saturated carbocycles. The Bertz CT molecular complexity index is 903. The average Bonchev–Trinajstić information content (AvgIpc) is 3.03. The van der Waals surface area contributed by atoms with Crippen LogP contribution in [0.25, 0.3) is 0 Å². The van der Waals surface area contributed by atoms with Gasteiger partial charge in [-0.05, 0) is 65.1 Å². The summed E-state index contributed by atoms with van der Waals surface area (Å²) in [7, 11) is 0. The quantitative estimate of drug-likeness (QED) is 0.626.